The van der Waals surface area contributed by atoms with Crippen LogP contribution in [-0.4, -0.2) is 19.7 Å². The standard InChI is InChI=1S/C58H48N4/c1-35-23-25-37(3)51(31-35)59(39-15-7-5-8-16-39)49-29-27-41-45-33-54-46(34-53(45)61-47-21-13-11-19-43(47)55(49)57(41)61)42-28-30-50(56-44-20-12-14-22-48(44)62(54)58(42)56)60(40-17-9-6-10-18-40)52-32-36(2)24-26-38(52)4/h5-17,19-23,25-27,29,31-34,36,40H,18,24,28,30H2,1-4H3. The molecular formula is C58H48N4. The van der Waals surface area contributed by atoms with Crippen LogP contribution in [0.5, 0.6) is 0 Å². The van der Waals surface area contributed by atoms with Crippen LogP contribution in [-0.2, 0) is 6.42 Å². The van der Waals surface area contributed by atoms with Crippen molar-refractivity contribution in [1.82, 2.24) is 13.7 Å². The normalized spacial score (nSPS) is 17.8. The summed E-state index contributed by atoms with van der Waals surface area (Å²) in [5.74, 6) is 0.511. The molecule has 4 aromatic heterocycles. The molecule has 4 heterocycles. The van der Waals surface area contributed by atoms with E-state index in [1.54, 1.807) is 0 Å². The van der Waals surface area contributed by atoms with Gasteiger partial charge < -0.3 is 18.6 Å². The van der Waals surface area contributed by atoms with Gasteiger partial charge in [-0.05, 0) is 123 Å². The molecule has 0 radical (unpaired) electrons. The van der Waals surface area contributed by atoms with Crippen molar-refractivity contribution in [1.29, 1.82) is 0 Å². The average molecular weight is 801 g/mol. The van der Waals surface area contributed by atoms with Crippen LogP contribution in [0.4, 0.5) is 17.1 Å². The monoisotopic (exact) mass is 800 g/mol. The molecule has 0 bridgehead atoms. The van der Waals surface area contributed by atoms with Crippen LogP contribution in [0.1, 0.15) is 49.8 Å². The average Bonchev–Trinajstić information content (AvgIpc) is 4.03. The summed E-state index contributed by atoms with van der Waals surface area (Å²) in [5, 5.41) is 9.31. The Hall–Kier alpha value is -7.04. The van der Waals surface area contributed by atoms with Gasteiger partial charge in [0, 0.05) is 60.3 Å². The Labute approximate surface area is 361 Å². The zero-order valence-electron chi connectivity index (χ0n) is 35.8. The van der Waals surface area contributed by atoms with E-state index < -0.39 is 0 Å². The molecule has 0 fully saturated rings. The lowest BCUT2D eigenvalue weighted by atomic mass is 9.90. The van der Waals surface area contributed by atoms with Crippen LogP contribution in [0, 0.1) is 19.8 Å². The second kappa shape index (κ2) is 13.2. The molecule has 62 heavy (non-hydrogen) atoms. The molecule has 6 aromatic carbocycles. The fourth-order valence-corrected chi connectivity index (χ4v) is 11.6. The van der Waals surface area contributed by atoms with Gasteiger partial charge in [0.05, 0.1) is 44.8 Å². The summed E-state index contributed by atoms with van der Waals surface area (Å²) in [5.41, 5.74) is 19.6. The predicted molar refractivity (Wildman–Crippen MR) is 262 cm³/mol. The summed E-state index contributed by atoms with van der Waals surface area (Å²) < 4.78 is 5.20. The summed E-state index contributed by atoms with van der Waals surface area (Å²) in [7, 11) is 0. The molecule has 0 saturated heterocycles. The molecule has 0 spiro atoms. The van der Waals surface area contributed by atoms with Crippen molar-refractivity contribution in [3.8, 4) is 0 Å². The summed E-state index contributed by atoms with van der Waals surface area (Å²) in [6.07, 6.45) is 18.3. The summed E-state index contributed by atoms with van der Waals surface area (Å²) in [6, 6.07) is 46.1. The summed E-state index contributed by atoms with van der Waals surface area (Å²) >= 11 is 0. The summed E-state index contributed by atoms with van der Waals surface area (Å²) in [6.45, 7) is 9.11. The molecule has 0 N–H and O–H groups in total. The molecule has 10 aromatic rings. The lowest BCUT2D eigenvalue weighted by molar-refractivity contribution is 0.396. The fourth-order valence-electron chi connectivity index (χ4n) is 11.6. The van der Waals surface area contributed by atoms with E-state index in [1.165, 1.54) is 116 Å². The second-order valence-electron chi connectivity index (χ2n) is 18.2. The van der Waals surface area contributed by atoms with E-state index in [0.717, 1.165) is 31.4 Å². The first-order chi connectivity index (χ1) is 30.4. The topological polar surface area (TPSA) is 15.3 Å². The van der Waals surface area contributed by atoms with E-state index in [4.69, 9.17) is 0 Å². The molecule has 0 aliphatic heterocycles. The van der Waals surface area contributed by atoms with Crippen LogP contribution in [0.15, 0.2) is 169 Å². The third-order valence-corrected chi connectivity index (χ3v) is 14.4. The van der Waals surface area contributed by atoms with Crippen LogP contribution in [0.3, 0.4) is 0 Å². The zero-order chi connectivity index (χ0) is 41.4. The number of anilines is 3. The third kappa shape index (κ3) is 4.89. The third-order valence-electron chi connectivity index (χ3n) is 14.4. The largest absolute Gasteiger partial charge is 0.337 e. The van der Waals surface area contributed by atoms with Crippen molar-refractivity contribution in [2.24, 2.45) is 5.92 Å². The van der Waals surface area contributed by atoms with Crippen molar-refractivity contribution >= 4 is 88.2 Å². The molecule has 2 unspecified atom stereocenters. The van der Waals surface area contributed by atoms with Crippen molar-refractivity contribution in [2.75, 3.05) is 4.90 Å². The lowest BCUT2D eigenvalue weighted by Gasteiger charge is -2.39. The van der Waals surface area contributed by atoms with Crippen molar-refractivity contribution in [3.05, 3.63) is 191 Å². The number of aromatic nitrogens is 2. The zero-order valence-corrected chi connectivity index (χ0v) is 35.8. The van der Waals surface area contributed by atoms with Crippen LogP contribution in [0.2, 0.25) is 0 Å². The van der Waals surface area contributed by atoms with E-state index in [2.05, 4.69) is 204 Å². The number of hydrogen-bond donors (Lipinski definition) is 0. The molecule has 3 aliphatic carbocycles. The number of rotatable bonds is 6. The number of aryl methyl sites for hydroxylation is 3. The van der Waals surface area contributed by atoms with E-state index in [9.17, 15) is 0 Å². The van der Waals surface area contributed by atoms with E-state index >= 15 is 0 Å². The highest BCUT2D eigenvalue weighted by Crippen LogP contribution is 2.49. The first-order valence-electron chi connectivity index (χ1n) is 22.5. The molecule has 0 saturated carbocycles. The number of allylic oxidation sites excluding steroid dienone is 5. The van der Waals surface area contributed by atoms with Gasteiger partial charge in [0.1, 0.15) is 0 Å². The highest BCUT2D eigenvalue weighted by Gasteiger charge is 2.32. The molecule has 4 nitrogen and oxygen atoms in total. The van der Waals surface area contributed by atoms with Crippen LogP contribution in [0.25, 0.3) is 71.1 Å². The number of fused-ring (bicyclic) bond motifs is 12. The quantitative estimate of drug-likeness (QED) is 0.166. The van der Waals surface area contributed by atoms with Gasteiger partial charge >= 0.3 is 0 Å². The summed E-state index contributed by atoms with van der Waals surface area (Å²) in [4.78, 5) is 5.22. The Bertz CT molecular complexity index is 3700. The number of hydrogen-bond acceptors (Lipinski definition) is 2. The van der Waals surface area contributed by atoms with Gasteiger partial charge in [0.15, 0.2) is 0 Å². The van der Waals surface area contributed by atoms with Gasteiger partial charge in [-0.25, -0.2) is 0 Å². The van der Waals surface area contributed by atoms with E-state index in [-0.39, 0.29) is 6.04 Å². The number of para-hydroxylation sites is 3. The lowest BCUT2D eigenvalue weighted by Crippen LogP contribution is -2.37. The molecule has 4 heteroatoms. The maximum atomic E-state index is 2.73. The second-order valence-corrected chi connectivity index (χ2v) is 18.2. The highest BCUT2D eigenvalue weighted by atomic mass is 15.2. The van der Waals surface area contributed by atoms with Crippen LogP contribution >= 0.6 is 0 Å². The number of benzene rings is 6. The first kappa shape index (κ1) is 35.7. The predicted octanol–water partition coefficient (Wildman–Crippen LogP) is 14.3. The van der Waals surface area contributed by atoms with Gasteiger partial charge in [0.2, 0.25) is 0 Å². The SMILES string of the molecule is CC1=CCC(C)C=C1N(C1=c2c3ccccc3n3c2c(c2cc4c(cc23)c2ccc(N(c3ccccc3)c3cc(C)ccc3C)c3c5ccccc5n4c23)CC1)C1C=CC=CC1. The molecular weight excluding hydrogens is 753 g/mol. The van der Waals surface area contributed by atoms with Gasteiger partial charge in [-0.1, -0.05) is 116 Å². The van der Waals surface area contributed by atoms with E-state index in [0.29, 0.717) is 5.92 Å². The maximum Gasteiger partial charge on any atom is 0.0641 e. The van der Waals surface area contributed by atoms with Crippen molar-refractivity contribution < 1.29 is 0 Å². The Balaban J connectivity index is 1.12. The van der Waals surface area contributed by atoms with Gasteiger partial charge in [-0.15, -0.1) is 0 Å². The molecule has 13 rings (SSSR count). The van der Waals surface area contributed by atoms with Gasteiger partial charge in [-0.2, -0.15) is 0 Å². The van der Waals surface area contributed by atoms with Crippen molar-refractivity contribution in [2.45, 2.75) is 59.4 Å². The minimum Gasteiger partial charge on any atom is -0.337 e. The molecule has 300 valence electrons. The number of nitrogens with zero attached hydrogens (tertiary/aromatic N) is 4. The van der Waals surface area contributed by atoms with E-state index in [1.807, 2.05) is 0 Å². The minimum atomic E-state index is 0.275. The van der Waals surface area contributed by atoms with Crippen molar-refractivity contribution in [3.63, 3.8) is 0 Å². The Morgan fingerprint density at radius 1 is 0.597 bits per heavy atom. The smallest absolute Gasteiger partial charge is 0.0641 e. The molecule has 3 aliphatic rings. The van der Waals surface area contributed by atoms with Crippen LogP contribution < -0.4 is 10.1 Å². The fraction of sp³-hybridized carbons (Fsp3) is 0.172. The first-order valence-corrected chi connectivity index (χ1v) is 22.5. The van der Waals surface area contributed by atoms with Gasteiger partial charge in [-0.3, -0.25) is 0 Å². The Kier molecular flexibility index (Phi) is 7.62. The maximum absolute atomic E-state index is 2.73. The molecule has 2 atom stereocenters. The Morgan fingerprint density at radius 3 is 2.16 bits per heavy atom. The van der Waals surface area contributed by atoms with Gasteiger partial charge in [0.25, 0.3) is 0 Å². The molecule has 0 amide bonds. The highest BCUT2D eigenvalue weighted by molar-refractivity contribution is 6.28. The Morgan fingerprint density at radius 2 is 1.34 bits per heavy atom. The minimum absolute atomic E-state index is 0.275.